The molecule has 1 atom stereocenters. The van der Waals surface area contributed by atoms with Crippen LogP contribution in [0.15, 0.2) is 36.7 Å². The van der Waals surface area contributed by atoms with Crippen LogP contribution in [0.2, 0.25) is 0 Å². The first-order chi connectivity index (χ1) is 17.0. The summed E-state index contributed by atoms with van der Waals surface area (Å²) in [5, 5.41) is 3.37. The van der Waals surface area contributed by atoms with Crippen molar-refractivity contribution in [2.45, 2.75) is 46.6 Å². The molecule has 188 valence electrons. The van der Waals surface area contributed by atoms with Gasteiger partial charge in [0.2, 0.25) is 11.9 Å². The molecule has 0 spiro atoms. The molecule has 1 N–H and O–H groups in total. The molecule has 0 radical (unpaired) electrons. The third kappa shape index (κ3) is 5.49. The quantitative estimate of drug-likeness (QED) is 0.440. The number of nitrogens with zero attached hydrogens (tertiary/aromatic N) is 6. The molecule has 0 aliphatic carbocycles. The van der Waals surface area contributed by atoms with Crippen LogP contribution in [0.1, 0.15) is 46.6 Å². The van der Waals surface area contributed by atoms with E-state index in [9.17, 15) is 4.79 Å². The molecular formula is C26H37N7O2. The number of ether oxygens (including phenoxy) is 1. The number of hydrogen-bond donors (Lipinski definition) is 1. The van der Waals surface area contributed by atoms with Crippen molar-refractivity contribution in [3.8, 4) is 5.75 Å². The third-order valence-electron chi connectivity index (χ3n) is 6.51. The highest BCUT2D eigenvalue weighted by molar-refractivity contribution is 5.86. The number of hydrogen-bond acceptors (Lipinski definition) is 7. The molecule has 1 aromatic carbocycles. The van der Waals surface area contributed by atoms with Crippen molar-refractivity contribution in [1.82, 2.24) is 24.4 Å². The highest BCUT2D eigenvalue weighted by Gasteiger charge is 2.31. The Balaban J connectivity index is 1.54. The summed E-state index contributed by atoms with van der Waals surface area (Å²) in [6.07, 6.45) is 3.46. The number of amides is 1. The maximum Gasteiger partial charge on any atom is 0.227 e. The molecule has 2 aromatic heterocycles. The minimum Gasteiger partial charge on any atom is -0.492 e. The maximum absolute atomic E-state index is 13.1. The van der Waals surface area contributed by atoms with Gasteiger partial charge in [-0.1, -0.05) is 18.2 Å². The second kappa shape index (κ2) is 11.4. The molecule has 1 aliphatic rings. The van der Waals surface area contributed by atoms with E-state index in [-0.39, 0.29) is 17.9 Å². The Morgan fingerprint density at radius 2 is 1.97 bits per heavy atom. The minimum absolute atomic E-state index is 0.0112. The maximum atomic E-state index is 13.1. The van der Waals surface area contributed by atoms with Gasteiger partial charge >= 0.3 is 0 Å². The molecule has 1 aliphatic heterocycles. The van der Waals surface area contributed by atoms with Gasteiger partial charge in [0.25, 0.3) is 0 Å². The fourth-order valence-electron chi connectivity index (χ4n) is 4.73. The topological polar surface area (TPSA) is 88.4 Å². The Morgan fingerprint density at radius 1 is 1.20 bits per heavy atom. The number of nitrogens with one attached hydrogen (secondary N) is 1. The van der Waals surface area contributed by atoms with Gasteiger partial charge in [0.05, 0.1) is 12.5 Å². The molecule has 0 saturated carbocycles. The van der Waals surface area contributed by atoms with Crippen molar-refractivity contribution < 1.29 is 9.53 Å². The molecule has 1 fully saturated rings. The second-order valence-electron chi connectivity index (χ2n) is 9.15. The number of fused-ring (bicyclic) bond motifs is 1. The van der Waals surface area contributed by atoms with Crippen molar-refractivity contribution >= 4 is 28.8 Å². The van der Waals surface area contributed by atoms with Gasteiger partial charge in [-0.3, -0.25) is 9.36 Å². The standard InChI is InChI=1S/C26H37N7O2/c1-5-31(6-2)25(34)20-11-10-15-32(17-20)26-30-22-23(28-18-29-24(22)33(26)19(3)4)27-14-16-35-21-12-8-7-9-13-21/h7-9,12-13,18-20H,5-6,10-11,14-17H2,1-4H3,(H,27,28,29). The zero-order chi connectivity index (χ0) is 24.8. The molecule has 3 heterocycles. The highest BCUT2D eigenvalue weighted by Crippen LogP contribution is 2.31. The van der Waals surface area contributed by atoms with E-state index in [2.05, 4.69) is 38.6 Å². The lowest BCUT2D eigenvalue weighted by atomic mass is 9.96. The van der Waals surface area contributed by atoms with E-state index in [0.29, 0.717) is 25.5 Å². The van der Waals surface area contributed by atoms with E-state index in [4.69, 9.17) is 9.72 Å². The van der Waals surface area contributed by atoms with E-state index < -0.39 is 0 Å². The summed E-state index contributed by atoms with van der Waals surface area (Å²) >= 11 is 0. The predicted molar refractivity (Wildman–Crippen MR) is 139 cm³/mol. The first-order valence-corrected chi connectivity index (χ1v) is 12.7. The molecular weight excluding hydrogens is 442 g/mol. The fraction of sp³-hybridized carbons (Fsp3) is 0.538. The second-order valence-corrected chi connectivity index (χ2v) is 9.15. The normalized spacial score (nSPS) is 16.0. The first kappa shape index (κ1) is 24.8. The van der Waals surface area contributed by atoms with E-state index in [1.807, 2.05) is 49.1 Å². The molecule has 1 saturated heterocycles. The Labute approximate surface area is 207 Å². The molecule has 35 heavy (non-hydrogen) atoms. The van der Waals surface area contributed by atoms with Crippen LogP contribution >= 0.6 is 0 Å². The molecule has 1 unspecified atom stereocenters. The van der Waals surface area contributed by atoms with Gasteiger partial charge in [0, 0.05) is 32.2 Å². The van der Waals surface area contributed by atoms with E-state index in [0.717, 1.165) is 55.3 Å². The van der Waals surface area contributed by atoms with Crippen LogP contribution < -0.4 is 15.0 Å². The minimum atomic E-state index is -0.0112. The van der Waals surface area contributed by atoms with E-state index in [1.165, 1.54) is 0 Å². The summed E-state index contributed by atoms with van der Waals surface area (Å²) in [5.74, 6) is 2.62. The summed E-state index contributed by atoms with van der Waals surface area (Å²) < 4.78 is 7.96. The molecule has 9 nitrogen and oxygen atoms in total. The van der Waals surface area contributed by atoms with Crippen molar-refractivity contribution in [2.75, 3.05) is 49.5 Å². The SMILES string of the molecule is CCN(CC)C(=O)C1CCCN(c2nc3c(NCCOc4ccccc4)ncnc3n2C(C)C)C1. The Morgan fingerprint density at radius 3 is 2.69 bits per heavy atom. The average Bonchev–Trinajstić information content (AvgIpc) is 3.29. The summed E-state index contributed by atoms with van der Waals surface area (Å²) in [4.78, 5) is 31.3. The molecule has 1 amide bonds. The number of benzene rings is 1. The number of anilines is 2. The summed E-state index contributed by atoms with van der Waals surface area (Å²) in [5.41, 5.74) is 1.54. The van der Waals surface area contributed by atoms with Gasteiger partial charge in [-0.05, 0) is 52.7 Å². The van der Waals surface area contributed by atoms with Crippen LogP contribution in [0.5, 0.6) is 5.75 Å². The van der Waals surface area contributed by atoms with Crippen LogP contribution in [0, 0.1) is 5.92 Å². The van der Waals surface area contributed by atoms with Crippen LogP contribution in [-0.2, 0) is 4.79 Å². The van der Waals surface area contributed by atoms with Crippen LogP contribution in [0.25, 0.3) is 11.2 Å². The molecule has 3 aromatic rings. The Bertz CT molecular complexity index is 1110. The largest absolute Gasteiger partial charge is 0.492 e. The van der Waals surface area contributed by atoms with Gasteiger partial charge in [0.1, 0.15) is 18.7 Å². The zero-order valence-corrected chi connectivity index (χ0v) is 21.3. The van der Waals surface area contributed by atoms with E-state index in [1.54, 1.807) is 6.33 Å². The molecule has 9 heteroatoms. The van der Waals surface area contributed by atoms with Gasteiger partial charge in [-0.25, -0.2) is 15.0 Å². The number of piperidine rings is 1. The van der Waals surface area contributed by atoms with Gasteiger partial charge in [-0.15, -0.1) is 0 Å². The monoisotopic (exact) mass is 479 g/mol. The summed E-state index contributed by atoms with van der Waals surface area (Å²) in [6, 6.07) is 9.93. The Hall–Kier alpha value is -3.36. The number of rotatable bonds is 10. The number of imidazole rings is 1. The highest BCUT2D eigenvalue weighted by atomic mass is 16.5. The van der Waals surface area contributed by atoms with E-state index >= 15 is 0 Å². The Kier molecular flexibility index (Phi) is 8.05. The number of carbonyl (C=O) groups is 1. The van der Waals surface area contributed by atoms with Gasteiger partial charge in [0.15, 0.2) is 17.0 Å². The van der Waals surface area contributed by atoms with Crippen LogP contribution in [0.4, 0.5) is 11.8 Å². The molecule has 4 rings (SSSR count). The summed E-state index contributed by atoms with van der Waals surface area (Å²) in [7, 11) is 0. The summed E-state index contributed by atoms with van der Waals surface area (Å²) in [6.45, 7) is 12.5. The first-order valence-electron chi connectivity index (χ1n) is 12.7. The lowest BCUT2D eigenvalue weighted by Crippen LogP contribution is -2.45. The lowest BCUT2D eigenvalue weighted by molar-refractivity contribution is -0.135. The number of carbonyl (C=O) groups excluding carboxylic acids is 1. The van der Waals surface area contributed by atoms with Crippen LogP contribution in [0.3, 0.4) is 0 Å². The van der Waals surface area contributed by atoms with Gasteiger partial charge < -0.3 is 19.9 Å². The predicted octanol–water partition coefficient (Wildman–Crippen LogP) is 3.98. The number of para-hydroxylation sites is 1. The van der Waals surface area contributed by atoms with Crippen LogP contribution in [-0.4, -0.2) is 69.7 Å². The lowest BCUT2D eigenvalue weighted by Gasteiger charge is -2.35. The smallest absolute Gasteiger partial charge is 0.227 e. The number of aromatic nitrogens is 4. The third-order valence-corrected chi connectivity index (χ3v) is 6.51. The van der Waals surface area contributed by atoms with Crippen molar-refractivity contribution in [3.05, 3.63) is 36.7 Å². The zero-order valence-electron chi connectivity index (χ0n) is 21.3. The van der Waals surface area contributed by atoms with Crippen molar-refractivity contribution in [3.63, 3.8) is 0 Å². The fourth-order valence-corrected chi connectivity index (χ4v) is 4.73. The average molecular weight is 480 g/mol. The van der Waals surface area contributed by atoms with Crippen molar-refractivity contribution in [2.24, 2.45) is 5.92 Å². The van der Waals surface area contributed by atoms with Gasteiger partial charge in [-0.2, -0.15) is 0 Å². The van der Waals surface area contributed by atoms with Crippen molar-refractivity contribution in [1.29, 1.82) is 0 Å². The molecule has 0 bridgehead atoms.